The highest BCUT2D eigenvalue weighted by atomic mass is 32.1. The van der Waals surface area contributed by atoms with Gasteiger partial charge in [-0.1, -0.05) is 101 Å². The zero-order chi connectivity index (χ0) is 59.1. The molecule has 8 rings (SSSR count). The first-order chi connectivity index (χ1) is 38.9. The van der Waals surface area contributed by atoms with Gasteiger partial charge in [0.15, 0.2) is 0 Å². The minimum atomic E-state index is -5.86. The lowest BCUT2D eigenvalue weighted by molar-refractivity contribution is -0.155. The molecule has 0 aliphatic carbocycles. The molecule has 82 heavy (non-hydrogen) atoms. The Hall–Kier alpha value is -7.18. The van der Waals surface area contributed by atoms with Gasteiger partial charge in [0.1, 0.15) is 24.5 Å². The highest BCUT2D eigenvalue weighted by molar-refractivity contribution is 7.52. The molecule has 0 bridgehead atoms. The van der Waals surface area contributed by atoms with Gasteiger partial charge in [-0.25, -0.2) is 0 Å². The Balaban J connectivity index is 0.806. The van der Waals surface area contributed by atoms with Crippen LogP contribution in [0, 0.1) is 17.3 Å². The summed E-state index contributed by atoms with van der Waals surface area (Å²) in [4.78, 5) is 145. The van der Waals surface area contributed by atoms with E-state index in [1.54, 1.807) is 37.8 Å². The largest absolute Gasteiger partial charge is 0.399 e. The van der Waals surface area contributed by atoms with E-state index in [9.17, 15) is 66.3 Å². The van der Waals surface area contributed by atoms with Crippen molar-refractivity contribution >= 4 is 82.2 Å². The van der Waals surface area contributed by atoms with Crippen molar-refractivity contribution in [1.29, 1.82) is 0 Å². The standard InChI is InChI=1S/C59H68F2N7O12PS/c1-58(2,3)51(64-53(73)47-33-40-32-41(22-25-46(40)82-47)59(60,61)81(78,79)80)57(77)67-30-29-65(36-45(67)56(76)66-28-16-20-39(35-66)38-18-13-11-14-19-38)50(71)34-49(70)62-27-15-10-8-6-4-5-7-9-12-17-37-21-23-42-43(31-37)55(75)68(54(42)74)44-24-26-48(69)63-52(44)72/h11,13-14,18-19,21-23,25,31-33,39,44-45,51H,4-10,15-16,20,24,26-30,34-36H2,1-3H3,(H,62,70)(H,64,73)(H,63,69,72)(H2,78,79,80)/t39-,44?,45-,51+/m0/s1. The smallest absolute Gasteiger partial charge is 0.356 e. The summed E-state index contributed by atoms with van der Waals surface area (Å²) in [6.07, 6.45) is 8.15. The summed E-state index contributed by atoms with van der Waals surface area (Å²) in [6.45, 7) is 6.14. The fourth-order valence-corrected chi connectivity index (χ4v) is 12.3. The van der Waals surface area contributed by atoms with E-state index in [2.05, 4.69) is 27.8 Å². The number of nitrogens with zero attached hydrogens (tertiary/aromatic N) is 4. The molecule has 4 aliphatic rings. The summed E-state index contributed by atoms with van der Waals surface area (Å²) in [5.41, 5.74) is -4.29. The van der Waals surface area contributed by atoms with Crippen molar-refractivity contribution in [3.63, 3.8) is 0 Å². The van der Waals surface area contributed by atoms with Crippen molar-refractivity contribution in [2.45, 2.75) is 134 Å². The third-order valence-corrected chi connectivity index (χ3v) is 17.5. The third kappa shape index (κ3) is 14.2. The van der Waals surface area contributed by atoms with Gasteiger partial charge >= 0.3 is 13.3 Å². The Morgan fingerprint density at radius 2 is 1.52 bits per heavy atom. The lowest BCUT2D eigenvalue weighted by Gasteiger charge is -2.45. The Morgan fingerprint density at radius 3 is 2.23 bits per heavy atom. The van der Waals surface area contributed by atoms with Crippen molar-refractivity contribution < 1.29 is 66.3 Å². The number of carbonyl (C=O) groups excluding carboxylic acids is 9. The number of halogens is 2. The lowest BCUT2D eigenvalue weighted by atomic mass is 9.85. The quantitative estimate of drug-likeness (QED) is 0.0214. The maximum atomic E-state index is 14.9. The van der Waals surface area contributed by atoms with Crippen LogP contribution in [0.25, 0.3) is 10.1 Å². The molecule has 0 radical (unpaired) electrons. The SMILES string of the molecule is CC(C)(C)[C@H](NC(=O)c1cc2cc(C(F)(F)P(=O)(O)O)ccc2s1)C(=O)N1CCN(C(=O)CC(=O)NCCCCCCCCCC#Cc2ccc3c(c2)C(=O)N(C2CCC(=O)NC2=O)C3=O)C[C@H]1C(=O)N1CCC[C@H](c2ccccc2)C1. The molecule has 5 N–H and O–H groups in total. The number of likely N-dealkylation sites (tertiary alicyclic amines) is 1. The predicted octanol–water partition coefficient (Wildman–Crippen LogP) is 6.80. The Kier molecular flexibility index (Phi) is 19.3. The maximum Gasteiger partial charge on any atom is 0.399 e. The molecule has 9 amide bonds. The van der Waals surface area contributed by atoms with E-state index in [1.165, 1.54) is 28.0 Å². The molecule has 4 aliphatic heterocycles. The molecule has 0 saturated carbocycles. The van der Waals surface area contributed by atoms with Crippen molar-refractivity contribution in [3.05, 3.63) is 105 Å². The van der Waals surface area contributed by atoms with Crippen LogP contribution in [0.3, 0.4) is 0 Å². The van der Waals surface area contributed by atoms with E-state index in [-0.39, 0.29) is 65.7 Å². The first-order valence-corrected chi connectivity index (χ1v) is 30.2. The van der Waals surface area contributed by atoms with Crippen molar-refractivity contribution in [3.8, 4) is 11.8 Å². The topological polar surface area (TPSA) is 260 Å². The molecule has 4 atom stereocenters. The molecule has 19 nitrogen and oxygen atoms in total. The second-order valence-corrected chi connectivity index (χ2v) is 25.1. The number of imide groups is 2. The van der Waals surface area contributed by atoms with Crippen LogP contribution in [0.1, 0.15) is 157 Å². The lowest BCUT2D eigenvalue weighted by Crippen LogP contribution is -2.66. The maximum absolute atomic E-state index is 14.9. The number of piperazine rings is 1. The molecule has 1 unspecified atom stereocenters. The van der Waals surface area contributed by atoms with Crippen molar-refractivity contribution in [2.24, 2.45) is 5.41 Å². The van der Waals surface area contributed by atoms with Crippen LogP contribution in [0.15, 0.2) is 72.8 Å². The molecular weight excluding hydrogens is 1100 g/mol. The number of fused-ring (bicyclic) bond motifs is 2. The van der Waals surface area contributed by atoms with Gasteiger partial charge < -0.3 is 35.1 Å². The third-order valence-electron chi connectivity index (χ3n) is 15.4. The van der Waals surface area contributed by atoms with E-state index in [0.717, 1.165) is 78.9 Å². The summed E-state index contributed by atoms with van der Waals surface area (Å²) in [7, 11) is -5.86. The average Bonchev–Trinajstić information content (AvgIpc) is 4.22. The van der Waals surface area contributed by atoms with Crippen molar-refractivity contribution in [1.82, 2.24) is 35.6 Å². The second kappa shape index (κ2) is 25.9. The number of alkyl halides is 2. The van der Waals surface area contributed by atoms with Gasteiger partial charge in [-0.2, -0.15) is 8.78 Å². The minimum absolute atomic E-state index is 0.0121. The highest BCUT2D eigenvalue weighted by Gasteiger charge is 2.51. The van der Waals surface area contributed by atoms with Gasteiger partial charge in [0, 0.05) is 67.3 Å². The van der Waals surface area contributed by atoms with E-state index < -0.39 is 96.0 Å². The molecule has 3 aromatic carbocycles. The second-order valence-electron chi connectivity index (χ2n) is 22.4. The zero-order valence-electron chi connectivity index (χ0n) is 46.0. The van der Waals surface area contributed by atoms with Crippen LogP contribution in [0.4, 0.5) is 8.78 Å². The van der Waals surface area contributed by atoms with Crippen molar-refractivity contribution in [2.75, 3.05) is 39.3 Å². The van der Waals surface area contributed by atoms with Crippen LogP contribution in [-0.4, -0.2) is 140 Å². The fourth-order valence-electron chi connectivity index (χ4n) is 10.9. The molecular formula is C59H68F2N7O12PS. The Morgan fingerprint density at radius 1 is 0.817 bits per heavy atom. The molecule has 0 spiro atoms. The van der Waals surface area contributed by atoms with Gasteiger partial charge in [-0.15, -0.1) is 11.3 Å². The highest BCUT2D eigenvalue weighted by Crippen LogP contribution is 2.59. The number of rotatable bonds is 19. The predicted molar refractivity (Wildman–Crippen MR) is 300 cm³/mol. The number of benzene rings is 3. The van der Waals surface area contributed by atoms with Gasteiger partial charge in [0.05, 0.1) is 22.5 Å². The summed E-state index contributed by atoms with van der Waals surface area (Å²) in [5, 5.41) is 7.98. The summed E-state index contributed by atoms with van der Waals surface area (Å²) in [5.74, 6) is 1.35. The molecule has 23 heteroatoms. The van der Waals surface area contributed by atoms with E-state index >= 15 is 0 Å². The van der Waals surface area contributed by atoms with Gasteiger partial charge in [-0.05, 0) is 84.9 Å². The first kappa shape index (κ1) is 60.9. The average molecular weight is 1170 g/mol. The molecule has 436 valence electrons. The van der Waals surface area contributed by atoms with Gasteiger partial charge in [0.2, 0.25) is 35.4 Å². The summed E-state index contributed by atoms with van der Waals surface area (Å²) in [6, 6.07) is 15.5. The van der Waals surface area contributed by atoms with Crippen LogP contribution in [0.2, 0.25) is 0 Å². The number of piperidine rings is 2. The number of hydrogen-bond donors (Lipinski definition) is 5. The Bertz CT molecular complexity index is 3260. The van der Waals surface area contributed by atoms with Crippen LogP contribution in [0.5, 0.6) is 0 Å². The first-order valence-electron chi connectivity index (χ1n) is 27.7. The monoisotopic (exact) mass is 1170 g/mol. The van der Waals surface area contributed by atoms with Gasteiger partial charge in [0.25, 0.3) is 17.7 Å². The van der Waals surface area contributed by atoms with E-state index in [0.29, 0.717) is 49.2 Å². The molecule has 4 aromatic rings. The number of thiophene rings is 1. The minimum Gasteiger partial charge on any atom is -0.356 e. The van der Waals surface area contributed by atoms with E-state index in [1.807, 2.05) is 30.3 Å². The zero-order valence-corrected chi connectivity index (χ0v) is 47.8. The van der Waals surface area contributed by atoms with Crippen LogP contribution in [-0.2, 0) is 39.0 Å². The van der Waals surface area contributed by atoms with Crippen LogP contribution < -0.4 is 16.0 Å². The summed E-state index contributed by atoms with van der Waals surface area (Å²) < 4.78 is 41.2. The number of hydrogen-bond acceptors (Lipinski definition) is 11. The Labute approximate surface area is 478 Å². The number of carbonyl (C=O) groups is 9. The fraction of sp³-hybridized carbons (Fsp3) is 0.475. The molecule has 5 heterocycles. The van der Waals surface area contributed by atoms with Gasteiger partial charge in [-0.3, -0.25) is 57.9 Å². The number of unbranched alkanes of at least 4 members (excludes halogenated alkanes) is 7. The normalized spacial score (nSPS) is 19.1. The summed E-state index contributed by atoms with van der Waals surface area (Å²) >= 11 is 0.940. The molecule has 3 fully saturated rings. The molecule has 3 saturated heterocycles. The molecule has 1 aromatic heterocycles. The van der Waals surface area contributed by atoms with E-state index in [4.69, 9.17) is 0 Å². The van der Waals surface area contributed by atoms with Crippen LogP contribution >= 0.6 is 18.9 Å². The number of nitrogens with one attached hydrogen (secondary N) is 3. The number of amides is 9.